The van der Waals surface area contributed by atoms with Crippen LogP contribution in [-0.2, 0) is 14.6 Å². The third kappa shape index (κ3) is 4.67. The van der Waals surface area contributed by atoms with Crippen LogP contribution in [0.5, 0.6) is 0 Å². The number of thiophene rings is 1. The lowest BCUT2D eigenvalue weighted by atomic mass is 10.0. The van der Waals surface area contributed by atoms with Crippen LogP contribution in [0.15, 0.2) is 40.9 Å². The lowest BCUT2D eigenvalue weighted by molar-refractivity contribution is 0.0329. The van der Waals surface area contributed by atoms with Crippen molar-refractivity contribution in [3.8, 4) is 10.4 Å². The number of aromatic amines is 1. The molecule has 9 heteroatoms. The summed E-state index contributed by atoms with van der Waals surface area (Å²) in [5.41, 5.74) is 2.99. The quantitative estimate of drug-likeness (QED) is 0.590. The Morgan fingerprint density at radius 2 is 2.03 bits per heavy atom. The molecule has 0 atom stereocenters. The number of hydrogen-bond donors (Lipinski definition) is 1. The summed E-state index contributed by atoms with van der Waals surface area (Å²) in [6.45, 7) is 6.17. The van der Waals surface area contributed by atoms with Crippen molar-refractivity contribution in [3.63, 3.8) is 0 Å². The Kier molecular flexibility index (Phi) is 5.43. The van der Waals surface area contributed by atoms with Gasteiger partial charge in [-0.2, -0.15) is 0 Å². The zero-order valence-electron chi connectivity index (χ0n) is 17.9. The van der Waals surface area contributed by atoms with E-state index in [1.165, 1.54) is 17.6 Å². The van der Waals surface area contributed by atoms with Crippen molar-refractivity contribution in [2.45, 2.75) is 43.4 Å². The maximum Gasteiger partial charge on any atom is 0.414 e. The van der Waals surface area contributed by atoms with Crippen molar-refractivity contribution in [2.75, 3.05) is 12.8 Å². The number of rotatable bonds is 3. The number of carbonyl (C=O) groups is 1. The van der Waals surface area contributed by atoms with Gasteiger partial charge in [-0.3, -0.25) is 4.90 Å². The molecule has 0 radical (unpaired) electrons. The zero-order chi connectivity index (χ0) is 22.4. The first kappa shape index (κ1) is 21.6. The molecular weight excluding hydrogens is 434 g/mol. The molecule has 7 nitrogen and oxygen atoms in total. The smallest absolute Gasteiger partial charge is 0.414 e. The first-order chi connectivity index (χ1) is 14.5. The number of allylic oxidation sites excluding steroid dienone is 1. The molecule has 1 aliphatic rings. The van der Waals surface area contributed by atoms with Crippen LogP contribution in [0.3, 0.4) is 0 Å². The summed E-state index contributed by atoms with van der Waals surface area (Å²) >= 11 is 1.25. The van der Waals surface area contributed by atoms with Crippen molar-refractivity contribution in [1.82, 2.24) is 14.9 Å². The molecule has 0 spiro atoms. The molecule has 0 bridgehead atoms. The summed E-state index contributed by atoms with van der Waals surface area (Å²) in [5, 5.41) is 0.912. The van der Waals surface area contributed by atoms with Crippen LogP contribution >= 0.6 is 11.3 Å². The van der Waals surface area contributed by atoms with E-state index < -0.39 is 15.4 Å². The monoisotopic (exact) mass is 459 g/mol. The molecule has 0 aliphatic carbocycles. The summed E-state index contributed by atoms with van der Waals surface area (Å²) in [6, 6.07) is 7.37. The van der Waals surface area contributed by atoms with Crippen LogP contribution in [-0.4, -0.2) is 47.8 Å². The number of hydrogen-bond acceptors (Lipinski definition) is 6. The van der Waals surface area contributed by atoms with E-state index in [9.17, 15) is 13.2 Å². The number of pyridine rings is 1. The van der Waals surface area contributed by atoms with Gasteiger partial charge in [0.2, 0.25) is 0 Å². The third-order valence-electron chi connectivity index (χ3n) is 4.87. The Hall–Kier alpha value is -2.65. The van der Waals surface area contributed by atoms with Crippen LogP contribution in [0.2, 0.25) is 0 Å². The van der Waals surface area contributed by atoms with E-state index in [1.807, 2.05) is 45.2 Å². The number of carbonyl (C=O) groups excluding carboxylic acids is 1. The topological polar surface area (TPSA) is 92.4 Å². The molecule has 4 rings (SSSR count). The summed E-state index contributed by atoms with van der Waals surface area (Å²) in [6.07, 6.45) is 6.08. The number of H-pyrrole nitrogens is 1. The number of nitrogens with one attached hydrogen (secondary N) is 1. The van der Waals surface area contributed by atoms with E-state index >= 15 is 0 Å². The summed E-state index contributed by atoms with van der Waals surface area (Å²) in [5.74, 6) is 0. The van der Waals surface area contributed by atoms with Gasteiger partial charge in [0.1, 0.15) is 15.5 Å². The molecule has 0 saturated carbocycles. The molecule has 1 amide bonds. The number of ether oxygens (including phenoxy) is 1. The van der Waals surface area contributed by atoms with E-state index in [-0.39, 0.29) is 6.09 Å². The van der Waals surface area contributed by atoms with Crippen LogP contribution < -0.4 is 0 Å². The number of amides is 1. The van der Waals surface area contributed by atoms with Gasteiger partial charge in [0.25, 0.3) is 0 Å². The summed E-state index contributed by atoms with van der Waals surface area (Å²) in [7, 11) is -3.25. The molecule has 0 unspecified atom stereocenters. The molecule has 0 saturated heterocycles. The molecule has 1 N–H and O–H groups in total. The van der Waals surface area contributed by atoms with Crippen molar-refractivity contribution in [1.29, 1.82) is 0 Å². The molecule has 0 fully saturated rings. The molecule has 0 aromatic carbocycles. The van der Waals surface area contributed by atoms with Crippen LogP contribution in [0.25, 0.3) is 27.0 Å². The predicted molar refractivity (Wildman–Crippen MR) is 123 cm³/mol. The van der Waals surface area contributed by atoms with Crippen molar-refractivity contribution >= 4 is 43.9 Å². The molecule has 164 valence electrons. The molecule has 31 heavy (non-hydrogen) atoms. The Bertz CT molecular complexity index is 1280. The van der Waals surface area contributed by atoms with Crippen molar-refractivity contribution in [3.05, 3.63) is 42.4 Å². The van der Waals surface area contributed by atoms with E-state index in [4.69, 9.17) is 4.74 Å². The largest absolute Gasteiger partial charge is 0.443 e. The average molecular weight is 460 g/mol. The Labute approximate surface area is 185 Å². The Balaban J connectivity index is 1.69. The van der Waals surface area contributed by atoms with Crippen molar-refractivity contribution in [2.24, 2.45) is 0 Å². The second-order valence-electron chi connectivity index (χ2n) is 8.63. The number of nitrogens with zero attached hydrogens (tertiary/aromatic N) is 2. The minimum Gasteiger partial charge on any atom is -0.443 e. The fourth-order valence-electron chi connectivity index (χ4n) is 3.50. The zero-order valence-corrected chi connectivity index (χ0v) is 19.6. The highest BCUT2D eigenvalue weighted by atomic mass is 32.2. The lowest BCUT2D eigenvalue weighted by Crippen LogP contribution is -2.35. The van der Waals surface area contributed by atoms with Crippen LogP contribution in [0, 0.1) is 0 Å². The Morgan fingerprint density at radius 3 is 2.71 bits per heavy atom. The summed E-state index contributed by atoms with van der Waals surface area (Å²) in [4.78, 5) is 22.7. The summed E-state index contributed by atoms with van der Waals surface area (Å²) < 4.78 is 29.6. The third-order valence-corrected chi connectivity index (χ3v) is 7.81. The van der Waals surface area contributed by atoms with Gasteiger partial charge >= 0.3 is 6.09 Å². The minimum atomic E-state index is -3.25. The lowest BCUT2D eigenvalue weighted by Gasteiger charge is -2.28. The van der Waals surface area contributed by atoms with E-state index in [2.05, 4.69) is 9.97 Å². The van der Waals surface area contributed by atoms with Gasteiger partial charge in [-0.15, -0.1) is 11.3 Å². The van der Waals surface area contributed by atoms with Crippen LogP contribution in [0.4, 0.5) is 4.79 Å². The van der Waals surface area contributed by atoms with E-state index in [1.54, 1.807) is 17.2 Å². The highest BCUT2D eigenvalue weighted by molar-refractivity contribution is 7.92. The maximum absolute atomic E-state index is 12.5. The molecule has 3 aromatic rings. The molecular formula is C22H25N3O4S2. The number of fused-ring (bicyclic) bond motifs is 1. The van der Waals surface area contributed by atoms with Gasteiger partial charge in [0.05, 0.1) is 0 Å². The van der Waals surface area contributed by atoms with Gasteiger partial charge in [-0.25, -0.2) is 18.2 Å². The SMILES string of the molecule is CC(C)(C)OC(=O)N1C=C(c2cc3c(-c4ccc(S(C)(=O)=O)s4)ccnc3[nH]2)CCC1. The van der Waals surface area contributed by atoms with Gasteiger partial charge < -0.3 is 9.72 Å². The normalized spacial score (nSPS) is 15.2. The van der Waals surface area contributed by atoms with Gasteiger partial charge in [0, 0.05) is 46.7 Å². The van der Waals surface area contributed by atoms with Gasteiger partial charge in [-0.1, -0.05) is 0 Å². The molecule has 3 aromatic heterocycles. The highest BCUT2D eigenvalue weighted by Crippen LogP contribution is 2.36. The fraction of sp³-hybridized carbons (Fsp3) is 0.364. The first-order valence-electron chi connectivity index (χ1n) is 10.00. The standard InChI is InChI=1S/C22H25N3O4S2/c1-22(2,3)29-21(26)25-11-5-6-14(13-25)17-12-16-15(9-10-23-20(16)24-17)18-7-8-19(30-18)31(4,27)28/h7-10,12-13H,5-6,11H2,1-4H3,(H,23,24). The van der Waals surface area contributed by atoms with E-state index in [0.717, 1.165) is 45.6 Å². The second kappa shape index (κ2) is 7.80. The molecule has 4 heterocycles. The second-order valence-corrected chi connectivity index (χ2v) is 12.0. The number of aromatic nitrogens is 2. The first-order valence-corrected chi connectivity index (χ1v) is 12.7. The highest BCUT2D eigenvalue weighted by Gasteiger charge is 2.24. The van der Waals surface area contributed by atoms with Gasteiger partial charge in [0.15, 0.2) is 9.84 Å². The maximum atomic E-state index is 12.5. The van der Waals surface area contributed by atoms with E-state index in [0.29, 0.717) is 10.8 Å². The Morgan fingerprint density at radius 1 is 1.26 bits per heavy atom. The number of sulfone groups is 1. The van der Waals surface area contributed by atoms with Crippen LogP contribution in [0.1, 0.15) is 39.3 Å². The van der Waals surface area contributed by atoms with Crippen molar-refractivity contribution < 1.29 is 17.9 Å². The predicted octanol–water partition coefficient (Wildman–Crippen LogP) is 5.07. The molecule has 1 aliphatic heterocycles. The average Bonchev–Trinajstić information content (AvgIpc) is 3.33. The minimum absolute atomic E-state index is 0.339. The van der Waals surface area contributed by atoms with Gasteiger partial charge in [-0.05, 0) is 63.5 Å². The fourth-order valence-corrected chi connectivity index (χ4v) is 5.47.